The van der Waals surface area contributed by atoms with Gasteiger partial charge in [0, 0.05) is 19.2 Å². The second kappa shape index (κ2) is 7.58. The summed E-state index contributed by atoms with van der Waals surface area (Å²) in [6.45, 7) is 5.89. The molecule has 0 heterocycles. The van der Waals surface area contributed by atoms with E-state index in [1.54, 1.807) is 0 Å². The van der Waals surface area contributed by atoms with E-state index in [9.17, 15) is 9.59 Å². The molecule has 0 aromatic heterocycles. The van der Waals surface area contributed by atoms with Gasteiger partial charge >= 0.3 is 0 Å². The molecule has 0 saturated heterocycles. The van der Waals surface area contributed by atoms with Gasteiger partial charge in [-0.3, -0.25) is 9.59 Å². The van der Waals surface area contributed by atoms with Gasteiger partial charge in [0.05, 0.1) is 0 Å². The minimum absolute atomic E-state index is 0.0199. The van der Waals surface area contributed by atoms with Crippen molar-refractivity contribution in [1.82, 2.24) is 5.32 Å². The number of para-hydroxylation sites is 1. The van der Waals surface area contributed by atoms with Gasteiger partial charge in [-0.25, -0.2) is 0 Å². The van der Waals surface area contributed by atoms with Crippen LogP contribution in [0.4, 0.5) is 5.69 Å². The van der Waals surface area contributed by atoms with Crippen LogP contribution in [0.1, 0.15) is 23.6 Å². The molecule has 23 heavy (non-hydrogen) atoms. The summed E-state index contributed by atoms with van der Waals surface area (Å²) in [5, 5.41) is 2.88. The van der Waals surface area contributed by atoms with Crippen LogP contribution in [0.2, 0.25) is 0 Å². The molecule has 0 aliphatic heterocycles. The van der Waals surface area contributed by atoms with Gasteiger partial charge in [0.15, 0.2) is 0 Å². The smallest absolute Gasteiger partial charge is 0.240 e. The molecule has 0 spiro atoms. The van der Waals surface area contributed by atoms with Crippen LogP contribution in [0, 0.1) is 13.8 Å². The molecule has 0 bridgehead atoms. The molecule has 4 nitrogen and oxygen atoms in total. The number of nitrogens with zero attached hydrogens (tertiary/aromatic N) is 1. The normalized spacial score (nSPS) is 10.2. The van der Waals surface area contributed by atoms with Crippen LogP contribution in [0.25, 0.3) is 0 Å². The SMILES string of the molecule is CC(=O)N(CC(=O)NCc1ccccc1C)c1ccccc1C. The van der Waals surface area contributed by atoms with E-state index >= 15 is 0 Å². The van der Waals surface area contributed by atoms with Crippen LogP contribution >= 0.6 is 0 Å². The molecule has 1 N–H and O–H groups in total. The second-order valence-corrected chi connectivity index (χ2v) is 5.59. The van der Waals surface area contributed by atoms with E-state index in [1.807, 2.05) is 62.4 Å². The van der Waals surface area contributed by atoms with E-state index in [4.69, 9.17) is 0 Å². The Bertz CT molecular complexity index is 710. The van der Waals surface area contributed by atoms with Crippen molar-refractivity contribution in [2.45, 2.75) is 27.3 Å². The van der Waals surface area contributed by atoms with Crippen LogP contribution in [0.3, 0.4) is 0 Å². The Hall–Kier alpha value is -2.62. The van der Waals surface area contributed by atoms with Gasteiger partial charge in [-0.2, -0.15) is 0 Å². The molecule has 120 valence electrons. The molecular formula is C19H22N2O2. The Kier molecular flexibility index (Phi) is 5.52. The van der Waals surface area contributed by atoms with Crippen LogP contribution in [0.5, 0.6) is 0 Å². The molecule has 2 rings (SSSR count). The Morgan fingerprint density at radius 1 is 0.957 bits per heavy atom. The van der Waals surface area contributed by atoms with Gasteiger partial charge in [-0.05, 0) is 36.6 Å². The summed E-state index contributed by atoms with van der Waals surface area (Å²) in [6.07, 6.45) is 0. The van der Waals surface area contributed by atoms with E-state index in [0.29, 0.717) is 6.54 Å². The van der Waals surface area contributed by atoms with Gasteiger partial charge in [-0.1, -0.05) is 42.5 Å². The zero-order chi connectivity index (χ0) is 16.8. The minimum atomic E-state index is -0.174. The summed E-state index contributed by atoms with van der Waals surface area (Å²) >= 11 is 0. The van der Waals surface area contributed by atoms with Crippen molar-refractivity contribution in [3.8, 4) is 0 Å². The van der Waals surface area contributed by atoms with Crippen molar-refractivity contribution in [3.63, 3.8) is 0 Å². The molecule has 0 fully saturated rings. The molecule has 0 saturated carbocycles. The van der Waals surface area contributed by atoms with E-state index in [-0.39, 0.29) is 18.4 Å². The number of anilines is 1. The highest BCUT2D eigenvalue weighted by molar-refractivity contribution is 5.98. The van der Waals surface area contributed by atoms with Crippen molar-refractivity contribution in [2.24, 2.45) is 0 Å². The number of carbonyl (C=O) groups is 2. The minimum Gasteiger partial charge on any atom is -0.350 e. The number of aryl methyl sites for hydroxylation is 2. The molecule has 4 heteroatoms. The largest absolute Gasteiger partial charge is 0.350 e. The van der Waals surface area contributed by atoms with Crippen LogP contribution in [0.15, 0.2) is 48.5 Å². The fourth-order valence-corrected chi connectivity index (χ4v) is 2.43. The second-order valence-electron chi connectivity index (χ2n) is 5.59. The van der Waals surface area contributed by atoms with E-state index < -0.39 is 0 Å². The quantitative estimate of drug-likeness (QED) is 0.923. The lowest BCUT2D eigenvalue weighted by atomic mass is 10.1. The Labute approximate surface area is 137 Å². The van der Waals surface area contributed by atoms with Gasteiger partial charge in [0.25, 0.3) is 0 Å². The highest BCUT2D eigenvalue weighted by atomic mass is 16.2. The zero-order valence-electron chi connectivity index (χ0n) is 13.8. The summed E-state index contributed by atoms with van der Waals surface area (Å²) in [4.78, 5) is 25.6. The van der Waals surface area contributed by atoms with E-state index in [2.05, 4.69) is 5.32 Å². The van der Waals surface area contributed by atoms with Crippen molar-refractivity contribution in [3.05, 3.63) is 65.2 Å². The molecule has 2 amide bonds. The molecule has 0 radical (unpaired) electrons. The Morgan fingerprint density at radius 3 is 2.17 bits per heavy atom. The molecule has 0 aliphatic carbocycles. The highest BCUT2D eigenvalue weighted by Crippen LogP contribution is 2.19. The standard InChI is InChI=1S/C19H22N2O2/c1-14-8-4-6-10-17(14)12-20-19(23)13-21(16(3)22)18-11-7-5-9-15(18)2/h4-11H,12-13H2,1-3H3,(H,20,23). The number of nitrogens with one attached hydrogen (secondary N) is 1. The fraction of sp³-hybridized carbons (Fsp3) is 0.263. The molecule has 0 unspecified atom stereocenters. The number of benzene rings is 2. The average Bonchev–Trinajstić information content (AvgIpc) is 2.52. The Balaban J connectivity index is 2.03. The number of amides is 2. The van der Waals surface area contributed by atoms with Crippen LogP contribution in [-0.2, 0) is 16.1 Å². The van der Waals surface area contributed by atoms with Crippen molar-refractivity contribution in [1.29, 1.82) is 0 Å². The predicted octanol–water partition coefficient (Wildman–Crippen LogP) is 2.97. The first-order valence-corrected chi connectivity index (χ1v) is 7.64. The van der Waals surface area contributed by atoms with Crippen molar-refractivity contribution < 1.29 is 9.59 Å². The van der Waals surface area contributed by atoms with Gasteiger partial charge in [-0.15, -0.1) is 0 Å². The summed E-state index contributed by atoms with van der Waals surface area (Å²) < 4.78 is 0. The lowest BCUT2D eigenvalue weighted by molar-refractivity contribution is -0.123. The first-order valence-electron chi connectivity index (χ1n) is 7.64. The van der Waals surface area contributed by atoms with E-state index in [1.165, 1.54) is 11.8 Å². The number of carbonyl (C=O) groups excluding carboxylic acids is 2. The summed E-state index contributed by atoms with van der Waals surface area (Å²) in [5.41, 5.74) is 3.95. The zero-order valence-corrected chi connectivity index (χ0v) is 13.8. The molecular weight excluding hydrogens is 288 g/mol. The first kappa shape index (κ1) is 16.7. The van der Waals surface area contributed by atoms with Crippen LogP contribution in [-0.4, -0.2) is 18.4 Å². The molecule has 0 atom stereocenters. The van der Waals surface area contributed by atoms with Crippen LogP contribution < -0.4 is 10.2 Å². The maximum atomic E-state index is 12.2. The Morgan fingerprint density at radius 2 is 1.57 bits per heavy atom. The third-order valence-electron chi connectivity index (χ3n) is 3.83. The maximum Gasteiger partial charge on any atom is 0.240 e. The van der Waals surface area contributed by atoms with E-state index in [0.717, 1.165) is 22.4 Å². The van der Waals surface area contributed by atoms with Gasteiger partial charge in [0.2, 0.25) is 11.8 Å². The van der Waals surface area contributed by atoms with Crippen molar-refractivity contribution >= 4 is 17.5 Å². The number of hydrogen-bond acceptors (Lipinski definition) is 2. The molecule has 2 aromatic rings. The number of rotatable bonds is 5. The first-order chi connectivity index (χ1) is 11.0. The third-order valence-corrected chi connectivity index (χ3v) is 3.83. The fourth-order valence-electron chi connectivity index (χ4n) is 2.43. The average molecular weight is 310 g/mol. The maximum absolute atomic E-state index is 12.2. The van der Waals surface area contributed by atoms with Gasteiger partial charge < -0.3 is 10.2 Å². The topological polar surface area (TPSA) is 49.4 Å². The summed E-state index contributed by atoms with van der Waals surface area (Å²) in [6, 6.07) is 15.5. The van der Waals surface area contributed by atoms with Gasteiger partial charge in [0.1, 0.15) is 6.54 Å². The number of hydrogen-bond donors (Lipinski definition) is 1. The molecule has 0 aliphatic rings. The third kappa shape index (κ3) is 4.42. The van der Waals surface area contributed by atoms with Crippen molar-refractivity contribution in [2.75, 3.05) is 11.4 Å². The monoisotopic (exact) mass is 310 g/mol. The lowest BCUT2D eigenvalue weighted by Crippen LogP contribution is -2.40. The molecule has 2 aromatic carbocycles. The summed E-state index contributed by atoms with van der Waals surface area (Å²) in [7, 11) is 0. The lowest BCUT2D eigenvalue weighted by Gasteiger charge is -2.22. The predicted molar refractivity (Wildman–Crippen MR) is 92.2 cm³/mol. The summed E-state index contributed by atoms with van der Waals surface area (Å²) in [5.74, 6) is -0.322. The highest BCUT2D eigenvalue weighted by Gasteiger charge is 2.17.